The second-order valence-corrected chi connectivity index (χ2v) is 7.66. The van der Waals surface area contributed by atoms with Crippen molar-refractivity contribution in [3.63, 3.8) is 0 Å². The van der Waals surface area contributed by atoms with Crippen molar-refractivity contribution in [2.75, 3.05) is 12.4 Å². The van der Waals surface area contributed by atoms with Crippen molar-refractivity contribution in [1.29, 1.82) is 0 Å². The highest BCUT2D eigenvalue weighted by atomic mass is 16.5. The van der Waals surface area contributed by atoms with Crippen LogP contribution in [0.5, 0.6) is 0 Å². The number of esters is 1. The first kappa shape index (κ1) is 22.0. The number of anilines is 1. The van der Waals surface area contributed by atoms with Crippen LogP contribution in [0.4, 0.5) is 11.4 Å². The SMILES string of the molecule is COC(=O)c1ccc2c(c1)NC(=O)C2C(=Nc1ccc(CNC(C)=O)cc1)c1ccccc1. The van der Waals surface area contributed by atoms with E-state index in [-0.39, 0.29) is 11.8 Å². The van der Waals surface area contributed by atoms with E-state index < -0.39 is 11.9 Å². The first-order valence-corrected chi connectivity index (χ1v) is 10.5. The molecule has 0 saturated heterocycles. The number of carbonyl (C=O) groups excluding carboxylic acids is 3. The largest absolute Gasteiger partial charge is 0.465 e. The van der Waals surface area contributed by atoms with Gasteiger partial charge in [-0.2, -0.15) is 0 Å². The van der Waals surface area contributed by atoms with Crippen molar-refractivity contribution >= 4 is 34.9 Å². The third-order valence-corrected chi connectivity index (χ3v) is 5.38. The minimum atomic E-state index is -0.631. The molecule has 1 aliphatic rings. The van der Waals surface area contributed by atoms with Crippen molar-refractivity contribution in [3.8, 4) is 0 Å². The van der Waals surface area contributed by atoms with E-state index in [1.165, 1.54) is 14.0 Å². The summed E-state index contributed by atoms with van der Waals surface area (Å²) in [4.78, 5) is 40.9. The lowest BCUT2D eigenvalue weighted by Gasteiger charge is -2.14. The fourth-order valence-electron chi connectivity index (χ4n) is 3.74. The minimum Gasteiger partial charge on any atom is -0.465 e. The summed E-state index contributed by atoms with van der Waals surface area (Å²) in [5.74, 6) is -1.40. The van der Waals surface area contributed by atoms with E-state index in [0.29, 0.717) is 29.2 Å². The lowest BCUT2D eigenvalue weighted by atomic mass is 9.90. The van der Waals surface area contributed by atoms with E-state index in [1.54, 1.807) is 18.2 Å². The van der Waals surface area contributed by atoms with Crippen LogP contribution in [-0.2, 0) is 20.9 Å². The van der Waals surface area contributed by atoms with Crippen LogP contribution in [0, 0.1) is 0 Å². The van der Waals surface area contributed by atoms with Gasteiger partial charge < -0.3 is 15.4 Å². The Labute approximate surface area is 191 Å². The zero-order valence-corrected chi connectivity index (χ0v) is 18.3. The summed E-state index contributed by atoms with van der Waals surface area (Å²) in [6.45, 7) is 1.91. The van der Waals surface area contributed by atoms with Gasteiger partial charge in [0.1, 0.15) is 5.92 Å². The average Bonchev–Trinajstić information content (AvgIpc) is 3.16. The van der Waals surface area contributed by atoms with Gasteiger partial charge in [-0.15, -0.1) is 0 Å². The maximum Gasteiger partial charge on any atom is 0.337 e. The molecule has 0 aromatic heterocycles. The molecule has 1 atom stereocenters. The summed E-state index contributed by atoms with van der Waals surface area (Å²) in [6, 6.07) is 22.1. The summed E-state index contributed by atoms with van der Waals surface area (Å²) >= 11 is 0. The van der Waals surface area contributed by atoms with E-state index in [1.807, 2.05) is 54.6 Å². The van der Waals surface area contributed by atoms with Crippen LogP contribution in [0.25, 0.3) is 0 Å². The van der Waals surface area contributed by atoms with Gasteiger partial charge in [-0.25, -0.2) is 4.79 Å². The normalized spacial score (nSPS) is 14.9. The third-order valence-electron chi connectivity index (χ3n) is 5.38. The third kappa shape index (κ3) is 4.82. The number of aliphatic imine (C=N–C) groups is 1. The number of ether oxygens (including phenoxy) is 1. The van der Waals surface area contributed by atoms with Gasteiger partial charge >= 0.3 is 5.97 Å². The number of carbonyl (C=O) groups is 3. The van der Waals surface area contributed by atoms with E-state index in [9.17, 15) is 14.4 Å². The number of fused-ring (bicyclic) bond motifs is 1. The van der Waals surface area contributed by atoms with Crippen molar-refractivity contribution < 1.29 is 19.1 Å². The van der Waals surface area contributed by atoms with E-state index >= 15 is 0 Å². The van der Waals surface area contributed by atoms with Crippen LogP contribution in [0.1, 0.15) is 39.9 Å². The molecule has 0 aliphatic carbocycles. The number of nitrogens with one attached hydrogen (secondary N) is 2. The minimum absolute atomic E-state index is 0.0928. The first-order chi connectivity index (χ1) is 16.0. The van der Waals surface area contributed by atoms with Gasteiger partial charge in [0.05, 0.1) is 24.1 Å². The average molecular weight is 441 g/mol. The molecule has 0 fully saturated rings. The quantitative estimate of drug-likeness (QED) is 0.447. The highest BCUT2D eigenvalue weighted by molar-refractivity contribution is 6.24. The summed E-state index contributed by atoms with van der Waals surface area (Å²) in [5, 5.41) is 5.64. The zero-order valence-electron chi connectivity index (χ0n) is 18.3. The van der Waals surface area contributed by atoms with Crippen molar-refractivity contribution in [2.24, 2.45) is 4.99 Å². The molecule has 0 radical (unpaired) electrons. The molecular formula is C26H23N3O4. The predicted octanol–water partition coefficient (Wildman–Crippen LogP) is 3.97. The highest BCUT2D eigenvalue weighted by Gasteiger charge is 2.35. The van der Waals surface area contributed by atoms with Gasteiger partial charge in [0.2, 0.25) is 11.8 Å². The fraction of sp³-hybridized carbons (Fsp3) is 0.154. The summed E-state index contributed by atoms with van der Waals surface area (Å²) in [6.07, 6.45) is 0. The van der Waals surface area contributed by atoms with E-state index in [4.69, 9.17) is 9.73 Å². The van der Waals surface area contributed by atoms with E-state index in [0.717, 1.165) is 16.7 Å². The molecule has 3 aromatic carbocycles. The molecular weight excluding hydrogens is 418 g/mol. The molecule has 166 valence electrons. The Kier molecular flexibility index (Phi) is 6.31. The molecule has 7 nitrogen and oxygen atoms in total. The smallest absolute Gasteiger partial charge is 0.337 e. The predicted molar refractivity (Wildman–Crippen MR) is 126 cm³/mol. The van der Waals surface area contributed by atoms with Crippen LogP contribution >= 0.6 is 0 Å². The number of methoxy groups -OCH3 is 1. The molecule has 1 aliphatic heterocycles. The maximum atomic E-state index is 13.0. The highest BCUT2D eigenvalue weighted by Crippen LogP contribution is 2.37. The number of amides is 2. The zero-order chi connectivity index (χ0) is 23.4. The van der Waals surface area contributed by atoms with Gasteiger partial charge in [-0.05, 0) is 41.0 Å². The molecule has 2 amide bonds. The topological polar surface area (TPSA) is 96.9 Å². The number of hydrogen-bond donors (Lipinski definition) is 2. The van der Waals surface area contributed by atoms with Crippen molar-refractivity contribution in [2.45, 2.75) is 19.4 Å². The summed E-state index contributed by atoms with van der Waals surface area (Å²) in [5.41, 5.74) is 4.75. The molecule has 2 N–H and O–H groups in total. The van der Waals surface area contributed by atoms with Crippen LogP contribution < -0.4 is 10.6 Å². The molecule has 33 heavy (non-hydrogen) atoms. The number of rotatable bonds is 6. The van der Waals surface area contributed by atoms with Gasteiger partial charge in [0.25, 0.3) is 0 Å². The number of hydrogen-bond acceptors (Lipinski definition) is 5. The summed E-state index contributed by atoms with van der Waals surface area (Å²) in [7, 11) is 1.32. The Morgan fingerprint density at radius 2 is 1.73 bits per heavy atom. The van der Waals surface area contributed by atoms with Gasteiger partial charge in [0, 0.05) is 19.2 Å². The first-order valence-electron chi connectivity index (χ1n) is 10.5. The summed E-state index contributed by atoms with van der Waals surface area (Å²) < 4.78 is 4.79. The van der Waals surface area contributed by atoms with Gasteiger partial charge in [-0.3, -0.25) is 14.6 Å². The molecule has 4 rings (SSSR count). The van der Waals surface area contributed by atoms with Crippen LogP contribution in [0.3, 0.4) is 0 Å². The molecule has 3 aromatic rings. The second kappa shape index (κ2) is 9.48. The lowest BCUT2D eigenvalue weighted by Crippen LogP contribution is -2.22. The van der Waals surface area contributed by atoms with Crippen LogP contribution in [0.15, 0.2) is 77.8 Å². The lowest BCUT2D eigenvalue weighted by molar-refractivity contribution is -0.119. The van der Waals surface area contributed by atoms with Crippen molar-refractivity contribution in [3.05, 3.63) is 95.1 Å². The Morgan fingerprint density at radius 1 is 1.00 bits per heavy atom. The molecule has 7 heteroatoms. The molecule has 1 heterocycles. The molecule has 0 bridgehead atoms. The Morgan fingerprint density at radius 3 is 2.39 bits per heavy atom. The van der Waals surface area contributed by atoms with Gasteiger partial charge in [0.15, 0.2) is 0 Å². The molecule has 1 unspecified atom stereocenters. The Balaban J connectivity index is 1.73. The van der Waals surface area contributed by atoms with Crippen LogP contribution in [-0.4, -0.2) is 30.6 Å². The molecule has 0 saturated carbocycles. The van der Waals surface area contributed by atoms with Crippen molar-refractivity contribution in [1.82, 2.24) is 5.32 Å². The van der Waals surface area contributed by atoms with E-state index in [2.05, 4.69) is 10.6 Å². The second-order valence-electron chi connectivity index (χ2n) is 7.66. The monoisotopic (exact) mass is 441 g/mol. The fourth-order valence-corrected chi connectivity index (χ4v) is 3.74. The standard InChI is InChI=1S/C26H23N3O4/c1-16(30)27-15-17-8-11-20(12-9-17)28-24(18-6-4-3-5-7-18)23-21-13-10-19(26(32)33-2)14-22(21)29-25(23)31/h3-14,23H,15H2,1-2H3,(H,27,30)(H,29,31). The van der Waals surface area contributed by atoms with Crippen LogP contribution in [0.2, 0.25) is 0 Å². The Bertz CT molecular complexity index is 1230. The number of benzene rings is 3. The maximum absolute atomic E-state index is 13.0. The Hall–Kier alpha value is -4.26. The van der Waals surface area contributed by atoms with Gasteiger partial charge in [-0.1, -0.05) is 48.5 Å². The number of nitrogens with zero attached hydrogens (tertiary/aromatic N) is 1. The molecule has 0 spiro atoms.